The van der Waals surface area contributed by atoms with Crippen LogP contribution in [-0.2, 0) is 0 Å². The molecule has 0 aromatic carbocycles. The molecule has 1 radical (unpaired) electrons. The van der Waals surface area contributed by atoms with Gasteiger partial charge in [0.2, 0.25) is 0 Å². The highest BCUT2D eigenvalue weighted by Gasteiger charge is 1.99. The van der Waals surface area contributed by atoms with Gasteiger partial charge in [-0.3, -0.25) is 0 Å². The van der Waals surface area contributed by atoms with Crippen LogP contribution in [0.2, 0.25) is 0 Å². The zero-order valence-electron chi connectivity index (χ0n) is 7.28. The fourth-order valence-corrected chi connectivity index (χ4v) is 0.939. The quantitative estimate of drug-likeness (QED) is 0.513. The van der Waals surface area contributed by atoms with E-state index in [2.05, 4.69) is 39.5 Å². The summed E-state index contributed by atoms with van der Waals surface area (Å²) in [5.74, 6) is 7.30. The molecule has 0 bridgehead atoms. The lowest BCUT2D eigenvalue weighted by Gasteiger charge is -2.05. The predicted molar refractivity (Wildman–Crippen MR) is 46.4 cm³/mol. The predicted octanol–water partition coefficient (Wildman–Crippen LogP) is 2.90. The molecule has 0 aliphatic carbocycles. The van der Waals surface area contributed by atoms with Crippen molar-refractivity contribution in [2.45, 2.75) is 33.6 Å². The molecule has 0 heteroatoms. The Bertz CT molecular complexity index is 123. The van der Waals surface area contributed by atoms with E-state index in [0.29, 0.717) is 11.8 Å². The molecule has 2 unspecified atom stereocenters. The molecule has 0 nitrogen and oxygen atoms in total. The van der Waals surface area contributed by atoms with E-state index >= 15 is 0 Å². The van der Waals surface area contributed by atoms with Gasteiger partial charge in [0.1, 0.15) is 0 Å². The molecule has 0 aliphatic heterocycles. The average molecular weight is 137 g/mol. The molecule has 0 fully saturated rings. The number of hydrogen-bond acceptors (Lipinski definition) is 0. The molecule has 0 heterocycles. The van der Waals surface area contributed by atoms with Crippen LogP contribution in [-0.4, -0.2) is 0 Å². The number of rotatable bonds is 2. The normalized spacial score (nSPS) is 12.5. The van der Waals surface area contributed by atoms with Crippen molar-refractivity contribution in [3.05, 3.63) is 6.92 Å². The van der Waals surface area contributed by atoms with Crippen molar-refractivity contribution >= 4 is 0 Å². The van der Waals surface area contributed by atoms with Gasteiger partial charge in [0.25, 0.3) is 0 Å². The highest BCUT2D eigenvalue weighted by Crippen LogP contribution is 2.08. The van der Waals surface area contributed by atoms with Crippen LogP contribution in [0.5, 0.6) is 0 Å². The lowest BCUT2D eigenvalue weighted by atomic mass is 9.99. The lowest BCUT2D eigenvalue weighted by Crippen LogP contribution is -1.96. The van der Waals surface area contributed by atoms with Crippen LogP contribution in [0.3, 0.4) is 0 Å². The summed E-state index contributed by atoms with van der Waals surface area (Å²) in [4.78, 5) is 0. The third-order valence-corrected chi connectivity index (χ3v) is 1.28. The smallest absolute Gasteiger partial charge is 0.0177 e. The molecule has 0 aliphatic rings. The second-order valence-corrected chi connectivity index (χ2v) is 2.92. The van der Waals surface area contributed by atoms with Crippen molar-refractivity contribution in [2.75, 3.05) is 0 Å². The minimum Gasteiger partial charge on any atom is -0.103 e. The Morgan fingerprint density at radius 1 is 1.40 bits per heavy atom. The van der Waals surface area contributed by atoms with Crippen LogP contribution in [0.15, 0.2) is 0 Å². The highest BCUT2D eigenvalue weighted by atomic mass is 14.0. The first-order valence-electron chi connectivity index (χ1n) is 3.98. The lowest BCUT2D eigenvalue weighted by molar-refractivity contribution is 0.554. The molecule has 0 saturated carbocycles. The maximum atomic E-state index is 3.92. The van der Waals surface area contributed by atoms with Gasteiger partial charge in [-0.1, -0.05) is 27.7 Å². The van der Waals surface area contributed by atoms with Crippen LogP contribution >= 0.6 is 0 Å². The first-order chi connectivity index (χ1) is 4.66. The molecular weight excluding hydrogens is 120 g/mol. The Morgan fingerprint density at radius 3 is 2.40 bits per heavy atom. The van der Waals surface area contributed by atoms with E-state index in [-0.39, 0.29) is 0 Å². The molecule has 0 N–H and O–H groups in total. The van der Waals surface area contributed by atoms with Gasteiger partial charge in [-0.2, -0.15) is 0 Å². The fourth-order valence-electron chi connectivity index (χ4n) is 0.939. The van der Waals surface area contributed by atoms with Gasteiger partial charge in [-0.25, -0.2) is 0 Å². The Balaban J connectivity index is 3.52. The van der Waals surface area contributed by atoms with Gasteiger partial charge >= 0.3 is 0 Å². The molecule has 10 heavy (non-hydrogen) atoms. The summed E-state index contributed by atoms with van der Waals surface area (Å²) in [6.07, 6.45) is 2.09. The summed E-state index contributed by atoms with van der Waals surface area (Å²) in [5, 5.41) is 0. The molecule has 0 amide bonds. The molecule has 0 aromatic heterocycles. The van der Waals surface area contributed by atoms with Gasteiger partial charge in [-0.15, -0.1) is 11.8 Å². The Hall–Kier alpha value is -0.440. The topological polar surface area (TPSA) is 0 Å². The monoisotopic (exact) mass is 137 g/mol. The van der Waals surface area contributed by atoms with E-state index in [1.54, 1.807) is 0 Å². The first-order valence-corrected chi connectivity index (χ1v) is 3.98. The summed E-state index contributed by atoms with van der Waals surface area (Å²) in [5.41, 5.74) is 0. The summed E-state index contributed by atoms with van der Waals surface area (Å²) < 4.78 is 0. The fraction of sp³-hybridized carbons (Fsp3) is 0.700. The molecule has 0 spiro atoms. The highest BCUT2D eigenvalue weighted by molar-refractivity contribution is 5.01. The van der Waals surface area contributed by atoms with Crippen molar-refractivity contribution in [2.24, 2.45) is 11.8 Å². The van der Waals surface area contributed by atoms with E-state index in [9.17, 15) is 0 Å². The third-order valence-electron chi connectivity index (χ3n) is 1.28. The summed E-state index contributed by atoms with van der Waals surface area (Å²) in [6.45, 7) is 10.3. The van der Waals surface area contributed by atoms with E-state index in [1.807, 2.05) is 0 Å². The zero-order valence-corrected chi connectivity index (χ0v) is 7.28. The second kappa shape index (κ2) is 5.35. The van der Waals surface area contributed by atoms with Gasteiger partial charge in [-0.05, 0) is 12.3 Å². The van der Waals surface area contributed by atoms with Gasteiger partial charge in [0.05, 0.1) is 0 Å². The van der Waals surface area contributed by atoms with Crippen molar-refractivity contribution in [1.29, 1.82) is 0 Å². The Morgan fingerprint density at radius 2 is 2.00 bits per heavy atom. The van der Waals surface area contributed by atoms with Gasteiger partial charge in [0, 0.05) is 12.3 Å². The van der Waals surface area contributed by atoms with Crippen LogP contribution in [0, 0.1) is 30.6 Å². The standard InChI is InChI=1S/C10H17/c1-5-6-7-10(4)8-9(2)3/h9-10H,2,5,8H2,1,3-4H3. The maximum absolute atomic E-state index is 3.92. The molecule has 0 aromatic rings. The molecule has 0 saturated heterocycles. The van der Waals surface area contributed by atoms with Crippen LogP contribution in [0.1, 0.15) is 33.6 Å². The molecule has 57 valence electrons. The van der Waals surface area contributed by atoms with E-state index < -0.39 is 0 Å². The van der Waals surface area contributed by atoms with Gasteiger partial charge < -0.3 is 0 Å². The van der Waals surface area contributed by atoms with E-state index in [0.717, 1.165) is 12.8 Å². The van der Waals surface area contributed by atoms with Crippen molar-refractivity contribution < 1.29 is 0 Å². The minimum absolute atomic E-state index is 0.521. The zero-order chi connectivity index (χ0) is 7.98. The first kappa shape index (κ1) is 9.56. The van der Waals surface area contributed by atoms with Gasteiger partial charge in [0.15, 0.2) is 0 Å². The maximum Gasteiger partial charge on any atom is 0.0177 e. The SMILES string of the molecule is [CH2]C(C)CC(C)C#CCC. The minimum atomic E-state index is 0.521. The molecule has 0 rings (SSSR count). The van der Waals surface area contributed by atoms with Crippen LogP contribution in [0.25, 0.3) is 0 Å². The third kappa shape index (κ3) is 5.69. The van der Waals surface area contributed by atoms with E-state index in [4.69, 9.17) is 0 Å². The Labute approximate surface area is 65.0 Å². The van der Waals surface area contributed by atoms with Crippen molar-refractivity contribution in [1.82, 2.24) is 0 Å². The summed E-state index contributed by atoms with van der Waals surface area (Å²) >= 11 is 0. The summed E-state index contributed by atoms with van der Waals surface area (Å²) in [6, 6.07) is 0. The van der Waals surface area contributed by atoms with E-state index in [1.165, 1.54) is 0 Å². The average Bonchev–Trinajstić information content (AvgIpc) is 1.82. The number of hydrogen-bond donors (Lipinski definition) is 0. The largest absolute Gasteiger partial charge is 0.103 e. The summed E-state index contributed by atoms with van der Waals surface area (Å²) in [7, 11) is 0. The molecule has 2 atom stereocenters. The van der Waals surface area contributed by atoms with Crippen LogP contribution in [0.4, 0.5) is 0 Å². The molecular formula is C10H17. The Kier molecular flexibility index (Phi) is 5.12. The van der Waals surface area contributed by atoms with Crippen molar-refractivity contribution in [3.63, 3.8) is 0 Å². The van der Waals surface area contributed by atoms with Crippen molar-refractivity contribution in [3.8, 4) is 11.8 Å². The second-order valence-electron chi connectivity index (χ2n) is 2.92. The van der Waals surface area contributed by atoms with Crippen LogP contribution < -0.4 is 0 Å².